The van der Waals surface area contributed by atoms with Crippen LogP contribution in [0.2, 0.25) is 0 Å². The van der Waals surface area contributed by atoms with Gasteiger partial charge in [-0.25, -0.2) is 0 Å². The highest BCUT2D eigenvalue weighted by atomic mass is 15.1. The molecule has 5 heteroatoms. The van der Waals surface area contributed by atoms with Crippen LogP contribution >= 0.6 is 0 Å². The summed E-state index contributed by atoms with van der Waals surface area (Å²) in [4.78, 5) is 11.5. The fourth-order valence-electron chi connectivity index (χ4n) is 9.25. The second-order valence-corrected chi connectivity index (χ2v) is 17.6. The minimum Gasteiger partial charge on any atom is -0.358 e. The fourth-order valence-corrected chi connectivity index (χ4v) is 9.25. The lowest BCUT2D eigenvalue weighted by Crippen LogP contribution is -2.04. The van der Waals surface area contributed by atoms with Crippen LogP contribution in [0.3, 0.4) is 0 Å². The Labute approximate surface area is 349 Å². The number of aromatic amines is 3. The first kappa shape index (κ1) is 44.2. The Balaban J connectivity index is 0.000000147. The normalized spacial score (nSPS) is 12.0. The van der Waals surface area contributed by atoms with Crippen LogP contribution in [0.5, 0.6) is 0 Å². The summed E-state index contributed by atoms with van der Waals surface area (Å²) in [6.07, 6.45) is 0. The Morgan fingerprint density at radius 1 is 0.328 bits per heavy atom. The van der Waals surface area contributed by atoms with Crippen LogP contribution in [0.1, 0.15) is 135 Å². The van der Waals surface area contributed by atoms with Crippen LogP contribution in [0.15, 0.2) is 4.99 Å². The maximum absolute atomic E-state index is 4.52. The van der Waals surface area contributed by atoms with Gasteiger partial charge in [-0.3, -0.25) is 10.1 Å². The monoisotopic (exact) mass is 778 g/mol. The Hall–Kier alpha value is -4.90. The van der Waals surface area contributed by atoms with Crippen LogP contribution < -0.4 is 0 Å². The van der Waals surface area contributed by atoms with Gasteiger partial charge in [0.2, 0.25) is 0 Å². The van der Waals surface area contributed by atoms with E-state index in [0.717, 1.165) is 12.1 Å². The molecule has 0 bridgehead atoms. The minimum atomic E-state index is 0.884. The standard InChI is InChI=1S/2C14H19N.C13H17N.C12H16N2/c2*1-7-8(2)10(4)14-13(9(7)3)11(5)12(6)15-14;1-7-8(2)10(4)13-11(5)14-6-12(13)9(7)3;1-6-7(2)9(4)12-11(8(6)3)10(5)13-14-12/h2*15H,1-6H3;6H2,1-5H3;1-5H3,(H,13,14). The third-order valence-electron chi connectivity index (χ3n) is 14.9. The van der Waals surface area contributed by atoms with Crippen molar-refractivity contribution in [2.24, 2.45) is 4.99 Å². The smallest absolute Gasteiger partial charge is 0.0958 e. The van der Waals surface area contributed by atoms with Gasteiger partial charge in [0.05, 0.1) is 12.1 Å². The topological polar surface area (TPSA) is 72.6 Å². The molecule has 7 aromatic rings. The van der Waals surface area contributed by atoms with E-state index in [9.17, 15) is 0 Å². The zero-order chi connectivity index (χ0) is 43.6. The predicted molar refractivity (Wildman–Crippen MR) is 255 cm³/mol. The molecule has 0 unspecified atom stereocenters. The summed E-state index contributed by atoms with van der Waals surface area (Å²) in [5.74, 6) is 0. The molecule has 0 amide bonds. The third kappa shape index (κ3) is 7.24. The lowest BCUT2D eigenvalue weighted by atomic mass is 9.89. The van der Waals surface area contributed by atoms with Crippen LogP contribution in [0.25, 0.3) is 32.7 Å². The van der Waals surface area contributed by atoms with Gasteiger partial charge < -0.3 is 9.97 Å². The van der Waals surface area contributed by atoms with Gasteiger partial charge in [0.15, 0.2) is 0 Å². The minimum absolute atomic E-state index is 0.884. The molecular weight excluding hydrogens is 707 g/mol. The molecule has 0 radical (unpaired) electrons. The highest BCUT2D eigenvalue weighted by molar-refractivity contribution is 6.04. The molecule has 1 aliphatic heterocycles. The average molecular weight is 778 g/mol. The number of H-pyrrole nitrogens is 3. The van der Waals surface area contributed by atoms with E-state index in [-0.39, 0.29) is 0 Å². The van der Waals surface area contributed by atoms with E-state index in [1.165, 1.54) is 161 Å². The van der Waals surface area contributed by atoms with Crippen molar-refractivity contribution < 1.29 is 0 Å². The van der Waals surface area contributed by atoms with Crippen molar-refractivity contribution in [3.05, 3.63) is 128 Å². The van der Waals surface area contributed by atoms with E-state index in [1.807, 2.05) is 0 Å². The van der Waals surface area contributed by atoms with Gasteiger partial charge in [-0.1, -0.05) is 0 Å². The molecule has 0 atom stereocenters. The molecule has 0 aliphatic carbocycles. The molecule has 4 heterocycles. The summed E-state index contributed by atoms with van der Waals surface area (Å²) in [5.41, 5.74) is 36.9. The summed E-state index contributed by atoms with van der Waals surface area (Å²) < 4.78 is 0. The maximum atomic E-state index is 4.52. The number of fused-ring (bicyclic) bond motifs is 4. The van der Waals surface area contributed by atoms with Crippen LogP contribution in [0, 0.1) is 145 Å². The van der Waals surface area contributed by atoms with E-state index in [0.29, 0.717) is 0 Å². The summed E-state index contributed by atoms with van der Waals surface area (Å²) in [6.45, 7) is 49.0. The molecule has 0 spiro atoms. The first-order valence-electron chi connectivity index (χ1n) is 21.1. The number of rotatable bonds is 0. The third-order valence-corrected chi connectivity index (χ3v) is 14.9. The quantitative estimate of drug-likeness (QED) is 0.141. The first-order valence-corrected chi connectivity index (χ1v) is 21.1. The maximum Gasteiger partial charge on any atom is 0.0958 e. The van der Waals surface area contributed by atoms with Crippen LogP contribution in [-0.2, 0) is 6.54 Å². The summed E-state index contributed by atoms with van der Waals surface area (Å²) in [6, 6.07) is 0. The molecule has 8 rings (SSSR count). The van der Waals surface area contributed by atoms with Crippen LogP contribution in [-0.4, -0.2) is 25.9 Å². The van der Waals surface area contributed by atoms with Gasteiger partial charge >= 0.3 is 0 Å². The lowest BCUT2D eigenvalue weighted by Gasteiger charge is -2.15. The van der Waals surface area contributed by atoms with E-state index < -0.39 is 0 Å². The molecular formula is C53H71N5. The molecule has 0 saturated carbocycles. The van der Waals surface area contributed by atoms with Crippen molar-refractivity contribution in [2.45, 2.75) is 159 Å². The average Bonchev–Trinajstić information content (AvgIpc) is 3.95. The van der Waals surface area contributed by atoms with E-state index >= 15 is 0 Å². The zero-order valence-electron chi connectivity index (χ0n) is 40.1. The van der Waals surface area contributed by atoms with Crippen LogP contribution in [0.4, 0.5) is 0 Å². The lowest BCUT2D eigenvalue weighted by molar-refractivity contribution is 1.06. The number of aromatic nitrogens is 4. The molecule has 58 heavy (non-hydrogen) atoms. The number of nitrogens with one attached hydrogen (secondary N) is 3. The second kappa shape index (κ2) is 16.4. The zero-order valence-corrected chi connectivity index (χ0v) is 40.1. The van der Waals surface area contributed by atoms with E-state index in [1.54, 1.807) is 0 Å². The summed E-state index contributed by atoms with van der Waals surface area (Å²) >= 11 is 0. The molecule has 0 saturated heterocycles. The van der Waals surface area contributed by atoms with Gasteiger partial charge in [0.25, 0.3) is 0 Å². The largest absolute Gasteiger partial charge is 0.358 e. The second-order valence-electron chi connectivity index (χ2n) is 17.6. The molecule has 4 aromatic carbocycles. The Morgan fingerprint density at radius 3 is 1.14 bits per heavy atom. The molecule has 1 aliphatic rings. The Bertz CT molecular complexity index is 2700. The molecule has 3 aromatic heterocycles. The molecule has 0 fully saturated rings. The van der Waals surface area contributed by atoms with Crippen molar-refractivity contribution in [2.75, 3.05) is 0 Å². The number of benzene rings is 4. The van der Waals surface area contributed by atoms with Gasteiger partial charge in [0.1, 0.15) is 0 Å². The number of aliphatic imine (C=N–C) groups is 1. The molecule has 308 valence electrons. The van der Waals surface area contributed by atoms with Gasteiger partial charge in [-0.15, -0.1) is 0 Å². The summed E-state index contributed by atoms with van der Waals surface area (Å²) in [5, 5.41) is 11.6. The predicted octanol–water partition coefficient (Wildman–Crippen LogP) is 14.4. The van der Waals surface area contributed by atoms with Gasteiger partial charge in [-0.2, -0.15) is 5.10 Å². The highest BCUT2D eigenvalue weighted by Gasteiger charge is 2.20. The van der Waals surface area contributed by atoms with Crippen molar-refractivity contribution in [3.8, 4) is 0 Å². The van der Waals surface area contributed by atoms with Gasteiger partial charge in [-0.05, 0) is 258 Å². The number of hydrogen-bond donors (Lipinski definition) is 3. The molecule has 3 N–H and O–H groups in total. The Kier molecular flexibility index (Phi) is 12.5. The van der Waals surface area contributed by atoms with E-state index in [2.05, 4.69) is 177 Å². The van der Waals surface area contributed by atoms with E-state index in [4.69, 9.17) is 0 Å². The van der Waals surface area contributed by atoms with Gasteiger partial charge in [0, 0.05) is 55.5 Å². The van der Waals surface area contributed by atoms with Crippen molar-refractivity contribution in [1.29, 1.82) is 0 Å². The molecule has 5 nitrogen and oxygen atoms in total. The van der Waals surface area contributed by atoms with Crippen molar-refractivity contribution in [1.82, 2.24) is 20.2 Å². The number of aryl methyl sites for hydroxylation is 11. The number of nitrogens with zero attached hydrogens (tertiary/aromatic N) is 2. The SMILES string of the molecule is CC1=NCc2c(C)c(C)c(C)c(C)c21.Cc1[nH]c2c(C)c(C)c(C)c(C)c2c1C.Cc1[nH]c2c(C)c(C)c(C)c(C)c2c1C.Cc1c(C)c(C)c2c(C)[nH]nc2c1C. The summed E-state index contributed by atoms with van der Waals surface area (Å²) in [7, 11) is 0. The fraction of sp³-hybridized carbons (Fsp3) is 0.434. The number of hydrogen-bond acceptors (Lipinski definition) is 2. The first-order chi connectivity index (χ1) is 27.0. The Morgan fingerprint density at radius 2 is 0.690 bits per heavy atom. The highest BCUT2D eigenvalue weighted by Crippen LogP contribution is 2.35. The van der Waals surface area contributed by atoms with Crippen molar-refractivity contribution in [3.63, 3.8) is 0 Å². The van der Waals surface area contributed by atoms with Crippen molar-refractivity contribution >= 4 is 38.4 Å².